The van der Waals surface area contributed by atoms with E-state index in [1.807, 2.05) is 62.0 Å². The van der Waals surface area contributed by atoms with E-state index in [4.69, 9.17) is 4.42 Å². The quantitative estimate of drug-likeness (QED) is 0.414. The normalized spacial score (nSPS) is 13.3. The second kappa shape index (κ2) is 12.1. The second-order valence-electron chi connectivity index (χ2n) is 7.99. The molecule has 0 radical (unpaired) electrons. The number of pyridine rings is 1. The zero-order chi connectivity index (χ0) is 24.8. The van der Waals surface area contributed by atoms with Crippen LogP contribution in [0.2, 0.25) is 0 Å². The number of piperazine rings is 1. The standard InChI is InChI=1S/C22H25N5O5.C2H6.H3N/c1-23(2)9-14-26-17-7-4-3-6-16(17)19(20(22(26)29)27(30)31)24-10-12-25(13-11-24)21(28)18-8-5-15-32-18;1-2;/h3-8,15H,9-14H2,1-2H3;1-2H3;1H3. The lowest BCUT2D eigenvalue weighted by Crippen LogP contribution is -2.49. The summed E-state index contributed by atoms with van der Waals surface area (Å²) in [5, 5.41) is 12.7. The SMILES string of the molecule is CC.CN(C)CCn1c(=O)c([N+](=O)[O-])c(N2CCN(C(=O)c3ccco3)CC2)c2ccccc21.N. The number of amides is 1. The molecule has 3 N–H and O–H groups in total. The highest BCUT2D eigenvalue weighted by Gasteiger charge is 2.32. The van der Waals surface area contributed by atoms with Crippen LogP contribution in [0.3, 0.4) is 0 Å². The number of para-hydroxylation sites is 1. The van der Waals surface area contributed by atoms with Crippen LogP contribution in [0.5, 0.6) is 0 Å². The molecule has 0 atom stereocenters. The van der Waals surface area contributed by atoms with Gasteiger partial charge in [-0.25, -0.2) is 0 Å². The first-order valence-corrected chi connectivity index (χ1v) is 11.4. The van der Waals surface area contributed by atoms with E-state index in [-0.39, 0.29) is 17.8 Å². The molecule has 0 spiro atoms. The third-order valence-electron chi connectivity index (χ3n) is 5.69. The van der Waals surface area contributed by atoms with Gasteiger partial charge in [-0.05, 0) is 32.3 Å². The van der Waals surface area contributed by atoms with Gasteiger partial charge in [-0.2, -0.15) is 0 Å². The van der Waals surface area contributed by atoms with Crippen molar-refractivity contribution in [3.8, 4) is 0 Å². The molecule has 0 unspecified atom stereocenters. The summed E-state index contributed by atoms with van der Waals surface area (Å²) < 4.78 is 6.68. The van der Waals surface area contributed by atoms with Crippen molar-refractivity contribution in [2.45, 2.75) is 20.4 Å². The first-order valence-electron chi connectivity index (χ1n) is 11.4. The Morgan fingerprint density at radius 3 is 2.31 bits per heavy atom. The summed E-state index contributed by atoms with van der Waals surface area (Å²) in [7, 11) is 3.78. The molecule has 0 aliphatic carbocycles. The largest absolute Gasteiger partial charge is 0.459 e. The van der Waals surface area contributed by atoms with Crippen LogP contribution in [0.1, 0.15) is 24.4 Å². The summed E-state index contributed by atoms with van der Waals surface area (Å²) in [6.45, 7) is 6.41. The Morgan fingerprint density at radius 1 is 1.09 bits per heavy atom. The molecule has 1 fully saturated rings. The molecule has 4 rings (SSSR count). The van der Waals surface area contributed by atoms with Crippen LogP contribution in [0.25, 0.3) is 10.9 Å². The summed E-state index contributed by atoms with van der Waals surface area (Å²) in [5.41, 5.74) is -0.0521. The number of fused-ring (bicyclic) bond motifs is 1. The molecule has 1 amide bonds. The van der Waals surface area contributed by atoms with Gasteiger partial charge in [0, 0.05) is 44.7 Å². The third-order valence-corrected chi connectivity index (χ3v) is 5.69. The van der Waals surface area contributed by atoms with Gasteiger partial charge >= 0.3 is 11.2 Å². The summed E-state index contributed by atoms with van der Waals surface area (Å²) >= 11 is 0. The van der Waals surface area contributed by atoms with E-state index in [1.165, 1.54) is 10.8 Å². The zero-order valence-electron chi connectivity index (χ0n) is 20.8. The van der Waals surface area contributed by atoms with Crippen molar-refractivity contribution in [2.24, 2.45) is 0 Å². The molecule has 3 heterocycles. The Morgan fingerprint density at radius 2 is 1.74 bits per heavy atom. The number of anilines is 1. The molecule has 1 aliphatic heterocycles. The van der Waals surface area contributed by atoms with Crippen LogP contribution in [0, 0.1) is 10.1 Å². The van der Waals surface area contributed by atoms with Gasteiger partial charge in [-0.3, -0.25) is 19.7 Å². The molecule has 0 bridgehead atoms. The first-order chi connectivity index (χ1) is 16.4. The van der Waals surface area contributed by atoms with Crippen LogP contribution in [0.4, 0.5) is 11.4 Å². The molecule has 1 aliphatic rings. The molecule has 190 valence electrons. The number of likely N-dealkylation sites (N-methyl/N-ethyl adjacent to an activating group) is 1. The fraction of sp³-hybridized carbons (Fsp3) is 0.417. The molecule has 1 saturated heterocycles. The van der Waals surface area contributed by atoms with E-state index in [0.717, 1.165) is 0 Å². The fourth-order valence-electron chi connectivity index (χ4n) is 4.07. The average Bonchev–Trinajstić information content (AvgIpc) is 3.38. The van der Waals surface area contributed by atoms with Gasteiger partial charge in [0.25, 0.3) is 5.91 Å². The van der Waals surface area contributed by atoms with Crippen LogP contribution in [-0.2, 0) is 6.54 Å². The van der Waals surface area contributed by atoms with Gasteiger partial charge in [0.1, 0.15) is 5.69 Å². The van der Waals surface area contributed by atoms with Gasteiger partial charge in [0.05, 0.1) is 16.7 Å². The summed E-state index contributed by atoms with van der Waals surface area (Å²) in [6, 6.07) is 10.5. The Labute approximate surface area is 204 Å². The van der Waals surface area contributed by atoms with E-state index in [0.29, 0.717) is 55.9 Å². The number of carbonyl (C=O) groups is 1. The van der Waals surface area contributed by atoms with E-state index in [1.54, 1.807) is 17.0 Å². The number of nitrogens with zero attached hydrogens (tertiary/aromatic N) is 5. The Hall–Kier alpha value is -3.70. The minimum atomic E-state index is -0.611. The van der Waals surface area contributed by atoms with Gasteiger partial charge in [0.2, 0.25) is 0 Å². The average molecular weight is 487 g/mol. The lowest BCUT2D eigenvalue weighted by molar-refractivity contribution is -0.385. The van der Waals surface area contributed by atoms with E-state index >= 15 is 0 Å². The van der Waals surface area contributed by atoms with Gasteiger partial charge in [-0.15, -0.1) is 0 Å². The summed E-state index contributed by atoms with van der Waals surface area (Å²) in [4.78, 5) is 42.7. The number of hydrogen-bond acceptors (Lipinski definition) is 8. The molecule has 35 heavy (non-hydrogen) atoms. The number of rotatable bonds is 6. The van der Waals surface area contributed by atoms with E-state index in [2.05, 4.69) is 0 Å². The highest BCUT2D eigenvalue weighted by Crippen LogP contribution is 2.34. The number of carbonyl (C=O) groups excluding carboxylic acids is 1. The van der Waals surface area contributed by atoms with E-state index < -0.39 is 16.2 Å². The zero-order valence-corrected chi connectivity index (χ0v) is 20.8. The second-order valence-corrected chi connectivity index (χ2v) is 7.99. The lowest BCUT2D eigenvalue weighted by Gasteiger charge is -2.36. The van der Waals surface area contributed by atoms with Crippen molar-refractivity contribution in [1.29, 1.82) is 0 Å². The fourth-order valence-corrected chi connectivity index (χ4v) is 4.07. The molecule has 11 nitrogen and oxygen atoms in total. The first kappa shape index (κ1) is 27.5. The van der Waals surface area contributed by atoms with Crippen molar-refractivity contribution in [2.75, 3.05) is 51.7 Å². The van der Waals surface area contributed by atoms with Crippen LogP contribution < -0.4 is 16.6 Å². The van der Waals surface area contributed by atoms with Crippen molar-refractivity contribution in [3.63, 3.8) is 0 Å². The number of benzene rings is 1. The Kier molecular flexibility index (Phi) is 9.55. The Bertz CT molecular complexity index is 1200. The lowest BCUT2D eigenvalue weighted by atomic mass is 10.1. The van der Waals surface area contributed by atoms with Crippen molar-refractivity contribution in [1.82, 2.24) is 20.5 Å². The van der Waals surface area contributed by atoms with Crippen molar-refractivity contribution in [3.05, 3.63) is 68.9 Å². The monoisotopic (exact) mass is 486 g/mol. The van der Waals surface area contributed by atoms with Crippen LogP contribution in [-0.4, -0.2) is 72.0 Å². The number of aromatic nitrogens is 1. The smallest absolute Gasteiger partial charge is 0.357 e. The maximum Gasteiger partial charge on any atom is 0.357 e. The molecule has 1 aromatic carbocycles. The maximum atomic E-state index is 13.2. The van der Waals surface area contributed by atoms with Crippen LogP contribution >= 0.6 is 0 Å². The highest BCUT2D eigenvalue weighted by molar-refractivity contribution is 5.97. The molecule has 3 aromatic rings. The van der Waals surface area contributed by atoms with Crippen molar-refractivity contribution < 1.29 is 14.1 Å². The number of hydrogen-bond donors (Lipinski definition) is 1. The predicted molar refractivity (Wildman–Crippen MR) is 137 cm³/mol. The van der Waals surface area contributed by atoms with Gasteiger partial charge < -0.3 is 29.8 Å². The van der Waals surface area contributed by atoms with Crippen LogP contribution in [0.15, 0.2) is 51.9 Å². The predicted octanol–water partition coefficient (Wildman–Crippen LogP) is 3.21. The van der Waals surface area contributed by atoms with Gasteiger partial charge in [0.15, 0.2) is 5.76 Å². The molecular weight excluding hydrogens is 452 g/mol. The molecule has 11 heteroatoms. The minimum Gasteiger partial charge on any atom is -0.459 e. The topological polar surface area (TPSA) is 140 Å². The molecule has 2 aromatic heterocycles. The molecular formula is C24H34N6O5. The number of nitro groups is 1. The maximum absolute atomic E-state index is 13.2. The Balaban J connectivity index is 0.00000140. The number of furan rings is 1. The highest BCUT2D eigenvalue weighted by atomic mass is 16.6. The van der Waals surface area contributed by atoms with Gasteiger partial charge in [-0.1, -0.05) is 32.0 Å². The summed E-state index contributed by atoms with van der Waals surface area (Å²) in [6.07, 6.45) is 1.45. The van der Waals surface area contributed by atoms with E-state index in [9.17, 15) is 19.7 Å². The third kappa shape index (κ3) is 5.69. The summed E-state index contributed by atoms with van der Waals surface area (Å²) in [5.74, 6) is 0.0477. The molecule has 0 saturated carbocycles. The minimum absolute atomic E-state index is 0. The van der Waals surface area contributed by atoms with Crippen molar-refractivity contribution >= 4 is 28.2 Å².